The van der Waals surface area contributed by atoms with E-state index < -0.39 is 0 Å². The number of H-pyrrole nitrogens is 1. The van der Waals surface area contributed by atoms with Crippen LogP contribution in [0.25, 0.3) is 11.4 Å². The molecular formula is C15H21N5. The summed E-state index contributed by atoms with van der Waals surface area (Å²) in [5.41, 5.74) is 4.17. The minimum atomic E-state index is 0.911. The van der Waals surface area contributed by atoms with Gasteiger partial charge in [-0.25, -0.2) is 0 Å². The topological polar surface area (TPSA) is 48.1 Å². The van der Waals surface area contributed by atoms with Gasteiger partial charge in [-0.3, -0.25) is 15.0 Å². The molecule has 1 saturated heterocycles. The van der Waals surface area contributed by atoms with Crippen molar-refractivity contribution in [1.29, 1.82) is 0 Å². The summed E-state index contributed by atoms with van der Waals surface area (Å²) in [5, 5.41) is 7.18. The highest BCUT2D eigenvalue weighted by molar-refractivity contribution is 5.54. The molecule has 3 rings (SSSR count). The minimum absolute atomic E-state index is 0.911. The van der Waals surface area contributed by atoms with Gasteiger partial charge in [-0.15, -0.1) is 0 Å². The zero-order valence-electron chi connectivity index (χ0n) is 12.1. The predicted molar refractivity (Wildman–Crippen MR) is 79.3 cm³/mol. The van der Waals surface area contributed by atoms with E-state index in [-0.39, 0.29) is 0 Å². The molecule has 20 heavy (non-hydrogen) atoms. The number of rotatable bonds is 3. The third kappa shape index (κ3) is 3.05. The highest BCUT2D eigenvalue weighted by atomic mass is 15.2. The van der Waals surface area contributed by atoms with Crippen LogP contribution in [0.1, 0.15) is 11.3 Å². The molecule has 2 aromatic heterocycles. The zero-order chi connectivity index (χ0) is 13.9. The smallest absolute Gasteiger partial charge is 0.111 e. The molecule has 0 radical (unpaired) electrons. The number of aromatic amines is 1. The Bertz CT molecular complexity index is 552. The number of piperazine rings is 1. The first-order valence-corrected chi connectivity index (χ1v) is 7.09. The van der Waals surface area contributed by atoms with Crippen LogP contribution < -0.4 is 0 Å². The van der Waals surface area contributed by atoms with Gasteiger partial charge in [0.25, 0.3) is 0 Å². The summed E-state index contributed by atoms with van der Waals surface area (Å²) >= 11 is 0. The lowest BCUT2D eigenvalue weighted by Crippen LogP contribution is -2.43. The zero-order valence-corrected chi connectivity index (χ0v) is 12.1. The number of aryl methyl sites for hydroxylation is 1. The summed E-state index contributed by atoms with van der Waals surface area (Å²) in [4.78, 5) is 9.38. The van der Waals surface area contributed by atoms with Crippen molar-refractivity contribution in [3.8, 4) is 11.4 Å². The fraction of sp³-hybridized carbons (Fsp3) is 0.467. The quantitative estimate of drug-likeness (QED) is 0.919. The molecule has 0 aliphatic carbocycles. The second-order valence-corrected chi connectivity index (χ2v) is 5.57. The maximum absolute atomic E-state index is 4.52. The van der Waals surface area contributed by atoms with Crippen LogP contribution in [0.15, 0.2) is 24.4 Å². The van der Waals surface area contributed by atoms with Crippen molar-refractivity contribution in [2.45, 2.75) is 13.5 Å². The van der Waals surface area contributed by atoms with Gasteiger partial charge in [0.15, 0.2) is 0 Å². The van der Waals surface area contributed by atoms with Gasteiger partial charge in [0.05, 0.1) is 5.69 Å². The van der Waals surface area contributed by atoms with Gasteiger partial charge in [-0.2, -0.15) is 5.10 Å². The van der Waals surface area contributed by atoms with Gasteiger partial charge in [0.1, 0.15) is 5.69 Å². The average molecular weight is 271 g/mol. The van der Waals surface area contributed by atoms with Crippen LogP contribution >= 0.6 is 0 Å². The van der Waals surface area contributed by atoms with E-state index in [9.17, 15) is 0 Å². The molecule has 1 aliphatic heterocycles. The first-order valence-electron chi connectivity index (χ1n) is 7.09. The van der Waals surface area contributed by atoms with Crippen LogP contribution in [0.5, 0.6) is 0 Å². The molecular weight excluding hydrogens is 250 g/mol. The van der Waals surface area contributed by atoms with Crippen LogP contribution in [0.3, 0.4) is 0 Å². The Balaban J connectivity index is 1.64. The molecule has 0 atom stereocenters. The number of likely N-dealkylation sites (N-methyl/N-ethyl adjacent to an activating group) is 1. The molecule has 0 aromatic carbocycles. The third-order valence-electron chi connectivity index (χ3n) is 3.80. The summed E-state index contributed by atoms with van der Waals surface area (Å²) in [7, 11) is 2.18. The van der Waals surface area contributed by atoms with E-state index in [1.54, 1.807) is 0 Å². The van der Waals surface area contributed by atoms with Crippen LogP contribution in [0.4, 0.5) is 0 Å². The van der Waals surface area contributed by atoms with E-state index in [1.807, 2.05) is 19.2 Å². The SMILES string of the molecule is Cc1cc(-c2ccc(CN3CCN(C)CC3)cn2)n[nH]1. The first-order chi connectivity index (χ1) is 9.70. The lowest BCUT2D eigenvalue weighted by Gasteiger charge is -2.32. The molecule has 1 fully saturated rings. The molecule has 5 nitrogen and oxygen atoms in total. The average Bonchev–Trinajstić information content (AvgIpc) is 2.89. The Labute approximate surface area is 119 Å². The van der Waals surface area contributed by atoms with Crippen LogP contribution in [0.2, 0.25) is 0 Å². The highest BCUT2D eigenvalue weighted by Gasteiger charge is 2.14. The van der Waals surface area contributed by atoms with Gasteiger partial charge >= 0.3 is 0 Å². The van der Waals surface area contributed by atoms with E-state index in [0.717, 1.165) is 49.8 Å². The Morgan fingerprint density at radius 1 is 1.15 bits per heavy atom. The van der Waals surface area contributed by atoms with Crippen LogP contribution in [0, 0.1) is 6.92 Å². The van der Waals surface area contributed by atoms with Crippen molar-refractivity contribution in [2.24, 2.45) is 0 Å². The molecule has 0 unspecified atom stereocenters. The van der Waals surface area contributed by atoms with E-state index >= 15 is 0 Å². The van der Waals surface area contributed by atoms with Crippen molar-refractivity contribution in [3.05, 3.63) is 35.7 Å². The Kier molecular flexibility index (Phi) is 3.80. The summed E-state index contributed by atoms with van der Waals surface area (Å²) in [6, 6.07) is 6.23. The second-order valence-electron chi connectivity index (χ2n) is 5.57. The molecule has 5 heteroatoms. The normalized spacial score (nSPS) is 17.5. The summed E-state index contributed by atoms with van der Waals surface area (Å²) < 4.78 is 0. The lowest BCUT2D eigenvalue weighted by molar-refractivity contribution is 0.148. The predicted octanol–water partition coefficient (Wildman–Crippen LogP) is 1.53. The summed E-state index contributed by atoms with van der Waals surface area (Å²) in [5.74, 6) is 0. The van der Waals surface area contributed by atoms with Crippen LogP contribution in [-0.4, -0.2) is 58.2 Å². The van der Waals surface area contributed by atoms with E-state index in [0.29, 0.717) is 0 Å². The number of hydrogen-bond acceptors (Lipinski definition) is 4. The molecule has 2 aromatic rings. The molecule has 1 N–H and O–H groups in total. The fourth-order valence-corrected chi connectivity index (χ4v) is 2.48. The number of hydrogen-bond donors (Lipinski definition) is 1. The van der Waals surface area contributed by atoms with Crippen molar-refractivity contribution in [1.82, 2.24) is 25.0 Å². The molecule has 106 valence electrons. The van der Waals surface area contributed by atoms with E-state index in [2.05, 4.69) is 44.2 Å². The second kappa shape index (κ2) is 5.73. The molecule has 0 saturated carbocycles. The largest absolute Gasteiger partial charge is 0.304 e. The van der Waals surface area contributed by atoms with Gasteiger partial charge in [0.2, 0.25) is 0 Å². The van der Waals surface area contributed by atoms with E-state index in [1.165, 1.54) is 5.56 Å². The Hall–Kier alpha value is -1.72. The molecule has 0 spiro atoms. The molecule has 1 aliphatic rings. The summed E-state index contributed by atoms with van der Waals surface area (Å²) in [6.45, 7) is 7.56. The van der Waals surface area contributed by atoms with Crippen molar-refractivity contribution in [2.75, 3.05) is 33.2 Å². The Morgan fingerprint density at radius 3 is 2.55 bits per heavy atom. The maximum atomic E-state index is 4.52. The van der Waals surface area contributed by atoms with Crippen molar-refractivity contribution >= 4 is 0 Å². The van der Waals surface area contributed by atoms with Gasteiger partial charge in [-0.05, 0) is 31.7 Å². The monoisotopic (exact) mass is 271 g/mol. The third-order valence-corrected chi connectivity index (χ3v) is 3.80. The summed E-state index contributed by atoms with van der Waals surface area (Å²) in [6.07, 6.45) is 1.97. The number of nitrogens with one attached hydrogen (secondary N) is 1. The lowest BCUT2D eigenvalue weighted by atomic mass is 10.2. The highest BCUT2D eigenvalue weighted by Crippen LogP contribution is 2.16. The first kappa shape index (κ1) is 13.3. The molecule has 3 heterocycles. The Morgan fingerprint density at radius 2 is 1.95 bits per heavy atom. The van der Waals surface area contributed by atoms with Crippen molar-refractivity contribution in [3.63, 3.8) is 0 Å². The van der Waals surface area contributed by atoms with Gasteiger partial charge in [-0.1, -0.05) is 6.07 Å². The van der Waals surface area contributed by atoms with Gasteiger partial charge < -0.3 is 4.90 Å². The molecule has 0 bridgehead atoms. The molecule has 0 amide bonds. The number of aromatic nitrogens is 3. The fourth-order valence-electron chi connectivity index (χ4n) is 2.48. The maximum Gasteiger partial charge on any atom is 0.111 e. The van der Waals surface area contributed by atoms with E-state index in [4.69, 9.17) is 0 Å². The number of nitrogens with zero attached hydrogens (tertiary/aromatic N) is 4. The number of pyridine rings is 1. The van der Waals surface area contributed by atoms with Crippen LogP contribution in [-0.2, 0) is 6.54 Å². The standard InChI is InChI=1S/C15H21N5/c1-12-9-15(18-17-12)14-4-3-13(10-16-14)11-20-7-5-19(2)6-8-20/h3-4,9-10H,5-8,11H2,1-2H3,(H,17,18). The van der Waals surface area contributed by atoms with Crippen molar-refractivity contribution < 1.29 is 0 Å². The van der Waals surface area contributed by atoms with Gasteiger partial charge in [0, 0.05) is 44.6 Å². The minimum Gasteiger partial charge on any atom is -0.304 e.